The molecule has 1 atom stereocenters. The van der Waals surface area contributed by atoms with E-state index in [1.807, 2.05) is 32.3 Å². The zero-order valence-electron chi connectivity index (χ0n) is 16.0. The van der Waals surface area contributed by atoms with E-state index in [1.54, 1.807) is 9.25 Å². The lowest BCUT2D eigenvalue weighted by molar-refractivity contribution is -0.389. The Labute approximate surface area is 161 Å². The Morgan fingerprint density at radius 2 is 2.07 bits per heavy atom. The Kier molecular flexibility index (Phi) is 5.87. The second kappa shape index (κ2) is 8.51. The average Bonchev–Trinajstić information content (AvgIpc) is 3.35. The van der Waals surface area contributed by atoms with Gasteiger partial charge in [0.05, 0.1) is 12.7 Å². The number of imidazole rings is 1. The summed E-state index contributed by atoms with van der Waals surface area (Å²) in [5.41, 5.74) is 2.15. The molecule has 2 aromatic heterocycles. The van der Waals surface area contributed by atoms with E-state index in [0.29, 0.717) is 19.2 Å². The van der Waals surface area contributed by atoms with Crippen molar-refractivity contribution in [3.05, 3.63) is 58.0 Å². The van der Waals surface area contributed by atoms with Gasteiger partial charge in [-0.05, 0) is 36.0 Å². The van der Waals surface area contributed by atoms with Gasteiger partial charge in [0.25, 0.3) is 0 Å². The van der Waals surface area contributed by atoms with Crippen molar-refractivity contribution in [2.45, 2.75) is 39.5 Å². The molecule has 0 bridgehead atoms. The monoisotopic (exact) mass is 386 g/mol. The highest BCUT2D eigenvalue weighted by Crippen LogP contribution is 2.24. The van der Waals surface area contributed by atoms with Crippen molar-refractivity contribution in [2.24, 2.45) is 7.05 Å². The smallest absolute Gasteiger partial charge is 0.414 e. The molecule has 0 saturated carbocycles. The molecule has 148 valence electrons. The molecule has 0 spiro atoms. The van der Waals surface area contributed by atoms with Crippen LogP contribution in [-0.4, -0.2) is 35.6 Å². The number of aromatic nitrogens is 5. The average molecular weight is 386 g/mol. The van der Waals surface area contributed by atoms with E-state index in [2.05, 4.69) is 34.4 Å². The third-order valence-corrected chi connectivity index (χ3v) is 4.04. The lowest BCUT2D eigenvalue weighted by Crippen LogP contribution is -2.08. The van der Waals surface area contributed by atoms with Gasteiger partial charge >= 0.3 is 11.8 Å². The molecule has 4 rings (SSSR count). The summed E-state index contributed by atoms with van der Waals surface area (Å²) in [6.07, 6.45) is 4.34. The number of hydrogen-bond acceptors (Lipinski definition) is 7. The molecule has 10 heteroatoms. The van der Waals surface area contributed by atoms with Gasteiger partial charge in [0, 0.05) is 12.0 Å². The maximum absolute atomic E-state index is 10.3. The number of nitrogens with zero attached hydrogens (tertiary/aromatic N) is 6. The molecule has 0 amide bonds. The summed E-state index contributed by atoms with van der Waals surface area (Å²) in [5, 5.41) is 18.1. The lowest BCUT2D eigenvalue weighted by Gasteiger charge is -2.04. The van der Waals surface area contributed by atoms with Crippen LogP contribution in [0.5, 0.6) is 11.8 Å². The van der Waals surface area contributed by atoms with Gasteiger partial charge in [-0.2, -0.15) is 0 Å². The van der Waals surface area contributed by atoms with Crippen molar-refractivity contribution in [2.75, 3.05) is 0 Å². The van der Waals surface area contributed by atoms with Crippen LogP contribution in [0, 0.1) is 10.1 Å². The zero-order valence-corrected chi connectivity index (χ0v) is 16.0. The Hall–Kier alpha value is -3.43. The summed E-state index contributed by atoms with van der Waals surface area (Å²) in [4.78, 5) is 13.4. The minimum atomic E-state index is -0.528. The Morgan fingerprint density at radius 3 is 2.64 bits per heavy atom. The van der Waals surface area contributed by atoms with Crippen LogP contribution < -0.4 is 9.47 Å². The van der Waals surface area contributed by atoms with Crippen LogP contribution in [0.15, 0.2) is 36.7 Å². The van der Waals surface area contributed by atoms with Crippen molar-refractivity contribution in [3.63, 3.8) is 0 Å². The SMILES string of the molecule is CC1Cn2cc([N+](=O)[O-])nc2O1.CCc1ccc(OCc2cn(C)nn2)cc1. The second-order valence-corrected chi connectivity index (χ2v) is 6.39. The first-order valence-corrected chi connectivity index (χ1v) is 8.89. The van der Waals surface area contributed by atoms with E-state index in [-0.39, 0.29) is 11.9 Å². The van der Waals surface area contributed by atoms with E-state index in [1.165, 1.54) is 11.8 Å². The van der Waals surface area contributed by atoms with Crippen LogP contribution in [0.4, 0.5) is 5.82 Å². The predicted molar refractivity (Wildman–Crippen MR) is 100 cm³/mol. The van der Waals surface area contributed by atoms with Crippen LogP contribution in [0.3, 0.4) is 0 Å². The third kappa shape index (κ3) is 4.84. The van der Waals surface area contributed by atoms with Crippen LogP contribution >= 0.6 is 0 Å². The van der Waals surface area contributed by atoms with Gasteiger partial charge in [-0.25, -0.2) is 0 Å². The number of rotatable bonds is 5. The van der Waals surface area contributed by atoms with Gasteiger partial charge in [0.1, 0.15) is 30.4 Å². The highest BCUT2D eigenvalue weighted by atomic mass is 16.6. The fraction of sp³-hybridized carbons (Fsp3) is 0.389. The summed E-state index contributed by atoms with van der Waals surface area (Å²) >= 11 is 0. The van der Waals surface area contributed by atoms with E-state index < -0.39 is 4.92 Å². The van der Waals surface area contributed by atoms with Gasteiger partial charge in [0.15, 0.2) is 0 Å². The zero-order chi connectivity index (χ0) is 20.1. The van der Waals surface area contributed by atoms with E-state index >= 15 is 0 Å². The number of aryl methyl sites for hydroxylation is 2. The molecule has 0 aliphatic carbocycles. The molecule has 10 nitrogen and oxygen atoms in total. The van der Waals surface area contributed by atoms with Crippen molar-refractivity contribution >= 4 is 5.82 Å². The largest absolute Gasteiger partial charge is 0.487 e. The molecule has 3 aromatic rings. The first kappa shape index (κ1) is 19.3. The predicted octanol–water partition coefficient (Wildman–Crippen LogP) is 2.53. The summed E-state index contributed by atoms with van der Waals surface area (Å²) in [7, 11) is 1.84. The van der Waals surface area contributed by atoms with Crippen molar-refractivity contribution < 1.29 is 14.4 Å². The van der Waals surface area contributed by atoms with Crippen LogP contribution in [0.1, 0.15) is 25.1 Å². The van der Waals surface area contributed by atoms with Crippen LogP contribution in [-0.2, 0) is 26.6 Å². The first-order valence-electron chi connectivity index (χ1n) is 8.89. The van der Waals surface area contributed by atoms with Crippen molar-refractivity contribution in [3.8, 4) is 11.8 Å². The van der Waals surface area contributed by atoms with Crippen molar-refractivity contribution in [1.29, 1.82) is 0 Å². The van der Waals surface area contributed by atoms with Gasteiger partial charge in [-0.1, -0.05) is 24.3 Å². The molecule has 1 aromatic carbocycles. The van der Waals surface area contributed by atoms with E-state index in [9.17, 15) is 10.1 Å². The van der Waals surface area contributed by atoms with Crippen LogP contribution in [0.2, 0.25) is 0 Å². The Morgan fingerprint density at radius 1 is 1.32 bits per heavy atom. The highest BCUT2D eigenvalue weighted by molar-refractivity contribution is 5.27. The number of benzene rings is 1. The molecule has 0 radical (unpaired) electrons. The number of fused-ring (bicyclic) bond motifs is 1. The standard InChI is InChI=1S/C12H15N3O.C6H7N3O3/c1-3-10-4-6-12(7-5-10)16-9-11-8-15(2)14-13-11;1-4-2-8-3-5(9(10)11)7-6(8)12-4/h4-8H,3,9H2,1-2H3;3-4H,2H2,1H3. The van der Waals surface area contributed by atoms with Gasteiger partial charge in [-0.3, -0.25) is 9.25 Å². The van der Waals surface area contributed by atoms with Crippen LogP contribution in [0.25, 0.3) is 0 Å². The van der Waals surface area contributed by atoms with Gasteiger partial charge in [-0.15, -0.1) is 5.10 Å². The maximum atomic E-state index is 10.3. The summed E-state index contributed by atoms with van der Waals surface area (Å²) in [6, 6.07) is 8.46. The molecular formula is C18H22N6O4. The molecule has 0 fully saturated rings. The second-order valence-electron chi connectivity index (χ2n) is 6.39. The molecule has 28 heavy (non-hydrogen) atoms. The number of ether oxygens (including phenoxy) is 2. The van der Waals surface area contributed by atoms with Gasteiger partial charge in [0.2, 0.25) is 0 Å². The fourth-order valence-corrected chi connectivity index (χ4v) is 2.63. The highest BCUT2D eigenvalue weighted by Gasteiger charge is 2.28. The third-order valence-electron chi connectivity index (χ3n) is 4.04. The summed E-state index contributed by atoms with van der Waals surface area (Å²) in [6.45, 7) is 5.12. The molecular weight excluding hydrogens is 364 g/mol. The molecule has 0 saturated heterocycles. The number of hydrogen-bond donors (Lipinski definition) is 0. The Bertz CT molecular complexity index is 910. The molecule has 1 aliphatic heterocycles. The molecule has 1 aliphatic rings. The molecule has 3 heterocycles. The summed E-state index contributed by atoms with van der Waals surface area (Å²) < 4.78 is 14.1. The first-order chi connectivity index (χ1) is 13.4. The minimum absolute atomic E-state index is 0.0632. The summed E-state index contributed by atoms with van der Waals surface area (Å²) in [5.74, 6) is 0.708. The normalized spacial score (nSPS) is 14.6. The topological polar surface area (TPSA) is 110 Å². The Balaban J connectivity index is 0.000000167. The van der Waals surface area contributed by atoms with Gasteiger partial charge < -0.3 is 19.6 Å². The molecule has 1 unspecified atom stereocenters. The lowest BCUT2D eigenvalue weighted by atomic mass is 10.2. The minimum Gasteiger partial charge on any atom is -0.487 e. The maximum Gasteiger partial charge on any atom is 0.414 e. The fourth-order valence-electron chi connectivity index (χ4n) is 2.63. The quantitative estimate of drug-likeness (QED) is 0.489. The number of nitro groups is 1. The van der Waals surface area contributed by atoms with Crippen molar-refractivity contribution in [1.82, 2.24) is 24.5 Å². The molecule has 0 N–H and O–H groups in total. The van der Waals surface area contributed by atoms with E-state index in [4.69, 9.17) is 9.47 Å². The van der Waals surface area contributed by atoms with E-state index in [0.717, 1.165) is 17.9 Å².